The largest absolute Gasteiger partial charge is 0.505 e. The number of amides is 1. The van der Waals surface area contributed by atoms with Gasteiger partial charge in [-0.3, -0.25) is 14.4 Å². The van der Waals surface area contributed by atoms with E-state index in [9.17, 15) is 19.5 Å². The molecule has 0 aliphatic rings. The molecule has 7 nitrogen and oxygen atoms in total. The standard InChI is InChI=1S/C16H19N3O4.C2H6/c1-4-8-17-11-12(15(22)14(11)21)18-10-7-5-6-9(13(10)20)16(23)19(2)3;1-2/h5-7,17-18,20H,4,8H2,1-3H3;1-2H3. The predicted octanol–water partition coefficient (Wildman–Crippen LogP) is 2.28. The average molecular weight is 347 g/mol. The van der Waals surface area contributed by atoms with Crippen molar-refractivity contribution < 1.29 is 9.90 Å². The summed E-state index contributed by atoms with van der Waals surface area (Å²) in [5.41, 5.74) is -0.604. The van der Waals surface area contributed by atoms with Crippen LogP contribution in [0.25, 0.3) is 0 Å². The molecule has 0 radical (unpaired) electrons. The topological polar surface area (TPSA) is 98.7 Å². The quantitative estimate of drug-likeness (QED) is 0.548. The highest BCUT2D eigenvalue weighted by Crippen LogP contribution is 2.31. The van der Waals surface area contributed by atoms with Crippen LogP contribution in [-0.2, 0) is 0 Å². The number of hydrogen-bond acceptors (Lipinski definition) is 6. The molecule has 0 spiro atoms. The fourth-order valence-electron chi connectivity index (χ4n) is 2.12. The van der Waals surface area contributed by atoms with Crippen LogP contribution in [0.15, 0.2) is 27.8 Å². The van der Waals surface area contributed by atoms with E-state index >= 15 is 0 Å². The zero-order chi connectivity index (χ0) is 19.1. The van der Waals surface area contributed by atoms with Gasteiger partial charge in [0.15, 0.2) is 5.75 Å². The first-order valence-electron chi connectivity index (χ1n) is 8.26. The van der Waals surface area contributed by atoms with E-state index in [4.69, 9.17) is 0 Å². The number of anilines is 3. The van der Waals surface area contributed by atoms with Gasteiger partial charge in [-0.1, -0.05) is 26.8 Å². The molecule has 0 aromatic heterocycles. The SMILES string of the molecule is CC.CCCNc1c(Nc2cccc(C(=O)N(C)C)c2O)c(=O)c1=O. The Morgan fingerprint density at radius 1 is 1.12 bits per heavy atom. The minimum absolute atomic E-state index is 0.105. The van der Waals surface area contributed by atoms with E-state index < -0.39 is 10.9 Å². The van der Waals surface area contributed by atoms with Gasteiger partial charge >= 0.3 is 0 Å². The molecule has 136 valence electrons. The van der Waals surface area contributed by atoms with E-state index in [-0.39, 0.29) is 34.3 Å². The lowest BCUT2D eigenvalue weighted by molar-refractivity contribution is 0.0824. The maximum atomic E-state index is 12.0. The Kier molecular flexibility index (Phi) is 7.17. The summed E-state index contributed by atoms with van der Waals surface area (Å²) in [6.07, 6.45) is 0.802. The van der Waals surface area contributed by atoms with Crippen molar-refractivity contribution in [2.24, 2.45) is 0 Å². The Morgan fingerprint density at radius 2 is 1.72 bits per heavy atom. The summed E-state index contributed by atoms with van der Waals surface area (Å²) in [7, 11) is 3.15. The van der Waals surface area contributed by atoms with Gasteiger partial charge in [0.05, 0.1) is 11.3 Å². The molecule has 7 heteroatoms. The zero-order valence-corrected chi connectivity index (χ0v) is 15.3. The number of carbonyl (C=O) groups is 1. The highest BCUT2D eigenvalue weighted by Gasteiger charge is 2.23. The molecule has 2 aromatic rings. The lowest BCUT2D eigenvalue weighted by atomic mass is 10.1. The number of rotatable bonds is 6. The number of aromatic hydroxyl groups is 1. The Balaban J connectivity index is 0.00000151. The minimum Gasteiger partial charge on any atom is -0.505 e. The first kappa shape index (κ1) is 20.2. The third kappa shape index (κ3) is 4.17. The van der Waals surface area contributed by atoms with Gasteiger partial charge in [0.2, 0.25) is 0 Å². The normalized spacial score (nSPS) is 9.96. The van der Waals surface area contributed by atoms with Gasteiger partial charge in [-0.05, 0) is 18.6 Å². The van der Waals surface area contributed by atoms with Crippen LogP contribution in [0.2, 0.25) is 0 Å². The number of para-hydroxylation sites is 1. The number of benzene rings is 1. The molecule has 0 atom stereocenters. The molecule has 0 heterocycles. The van der Waals surface area contributed by atoms with E-state index in [1.807, 2.05) is 20.8 Å². The van der Waals surface area contributed by atoms with Crippen molar-refractivity contribution >= 4 is 23.0 Å². The number of nitrogens with one attached hydrogen (secondary N) is 2. The molecule has 0 bridgehead atoms. The van der Waals surface area contributed by atoms with Crippen LogP contribution in [0.3, 0.4) is 0 Å². The second-order valence-electron chi connectivity index (χ2n) is 5.36. The molecular weight excluding hydrogens is 322 g/mol. The second kappa shape index (κ2) is 8.86. The van der Waals surface area contributed by atoms with Crippen molar-refractivity contribution in [1.82, 2.24) is 4.90 Å². The molecule has 0 saturated heterocycles. The van der Waals surface area contributed by atoms with E-state index in [1.54, 1.807) is 20.2 Å². The molecule has 1 amide bonds. The summed E-state index contributed by atoms with van der Waals surface area (Å²) in [6, 6.07) is 4.60. The minimum atomic E-state index is -0.646. The Bertz CT molecular complexity index is 805. The van der Waals surface area contributed by atoms with Crippen molar-refractivity contribution in [3.63, 3.8) is 0 Å². The lowest BCUT2D eigenvalue weighted by Crippen LogP contribution is -2.36. The zero-order valence-electron chi connectivity index (χ0n) is 15.3. The van der Waals surface area contributed by atoms with Crippen molar-refractivity contribution in [2.45, 2.75) is 27.2 Å². The van der Waals surface area contributed by atoms with Gasteiger partial charge in [-0.25, -0.2) is 0 Å². The molecular formula is C18H25N3O4. The number of nitrogens with zero attached hydrogens (tertiary/aromatic N) is 1. The number of phenolic OH excluding ortho intramolecular Hbond substituents is 1. The summed E-state index contributed by atoms with van der Waals surface area (Å²) in [6.45, 7) is 6.50. The monoisotopic (exact) mass is 347 g/mol. The first-order valence-corrected chi connectivity index (χ1v) is 8.26. The maximum absolute atomic E-state index is 12.0. The van der Waals surface area contributed by atoms with Crippen LogP contribution >= 0.6 is 0 Å². The molecule has 25 heavy (non-hydrogen) atoms. The van der Waals surface area contributed by atoms with Crippen LogP contribution in [0.4, 0.5) is 17.1 Å². The molecule has 2 aromatic carbocycles. The van der Waals surface area contributed by atoms with E-state index in [2.05, 4.69) is 10.6 Å². The number of phenols is 1. The maximum Gasteiger partial charge on any atom is 0.257 e. The van der Waals surface area contributed by atoms with Crippen LogP contribution < -0.4 is 21.5 Å². The number of carbonyl (C=O) groups excluding carboxylic acids is 1. The lowest BCUT2D eigenvalue weighted by Gasteiger charge is -2.17. The molecule has 2 rings (SSSR count). The van der Waals surface area contributed by atoms with Gasteiger partial charge in [0.1, 0.15) is 11.4 Å². The highest BCUT2D eigenvalue weighted by atomic mass is 16.3. The first-order chi connectivity index (χ1) is 11.9. The average Bonchev–Trinajstić information content (AvgIpc) is 2.62. The molecule has 0 aliphatic carbocycles. The predicted molar refractivity (Wildman–Crippen MR) is 101 cm³/mol. The van der Waals surface area contributed by atoms with Crippen LogP contribution in [0.5, 0.6) is 5.75 Å². The smallest absolute Gasteiger partial charge is 0.257 e. The summed E-state index contributed by atoms with van der Waals surface area (Å²) < 4.78 is 0. The Labute approximate surface area is 147 Å². The second-order valence-corrected chi connectivity index (χ2v) is 5.36. The van der Waals surface area contributed by atoms with Crippen LogP contribution in [-0.4, -0.2) is 36.6 Å². The molecule has 3 N–H and O–H groups in total. The van der Waals surface area contributed by atoms with Crippen molar-refractivity contribution in [3.8, 4) is 5.75 Å². The summed E-state index contributed by atoms with van der Waals surface area (Å²) in [4.78, 5) is 36.6. The van der Waals surface area contributed by atoms with Gasteiger partial charge in [-0.15, -0.1) is 0 Å². The fourth-order valence-corrected chi connectivity index (χ4v) is 2.12. The third-order valence-electron chi connectivity index (χ3n) is 3.39. The van der Waals surface area contributed by atoms with Crippen molar-refractivity contribution in [2.75, 3.05) is 31.3 Å². The summed E-state index contributed by atoms with van der Waals surface area (Å²) in [5, 5.41) is 15.9. The van der Waals surface area contributed by atoms with Crippen molar-refractivity contribution in [1.29, 1.82) is 0 Å². The van der Waals surface area contributed by atoms with Gasteiger partial charge in [-0.2, -0.15) is 0 Å². The highest BCUT2D eigenvalue weighted by molar-refractivity contribution is 5.99. The molecule has 0 fully saturated rings. The van der Waals surface area contributed by atoms with E-state index in [1.165, 1.54) is 17.0 Å². The van der Waals surface area contributed by atoms with Gasteiger partial charge in [0, 0.05) is 20.6 Å². The summed E-state index contributed by atoms with van der Waals surface area (Å²) in [5.74, 6) is -0.624. The Morgan fingerprint density at radius 3 is 2.28 bits per heavy atom. The Hall–Kier alpha value is -2.83. The van der Waals surface area contributed by atoms with Gasteiger partial charge < -0.3 is 20.6 Å². The summed E-state index contributed by atoms with van der Waals surface area (Å²) >= 11 is 0. The van der Waals surface area contributed by atoms with Crippen LogP contribution in [0, 0.1) is 0 Å². The number of hydrogen-bond donors (Lipinski definition) is 3. The molecule has 0 saturated carbocycles. The fraction of sp³-hybridized carbons (Fsp3) is 0.389. The van der Waals surface area contributed by atoms with Crippen LogP contribution in [0.1, 0.15) is 37.6 Å². The molecule has 0 aliphatic heterocycles. The van der Waals surface area contributed by atoms with Crippen molar-refractivity contribution in [3.05, 3.63) is 44.2 Å². The van der Waals surface area contributed by atoms with E-state index in [0.29, 0.717) is 6.54 Å². The van der Waals surface area contributed by atoms with E-state index in [0.717, 1.165) is 6.42 Å². The molecule has 0 unspecified atom stereocenters. The third-order valence-corrected chi connectivity index (χ3v) is 3.39. The van der Waals surface area contributed by atoms with Gasteiger partial charge in [0.25, 0.3) is 16.8 Å².